The minimum atomic E-state index is -1.29. The summed E-state index contributed by atoms with van der Waals surface area (Å²) in [5.41, 5.74) is 0.803. The Kier molecular flexibility index (Phi) is 4.63. The van der Waals surface area contributed by atoms with Gasteiger partial charge in [-0.2, -0.15) is 0 Å². The molecule has 0 bridgehead atoms. The number of hydrogen-bond donors (Lipinski definition) is 2. The van der Waals surface area contributed by atoms with E-state index >= 15 is 0 Å². The summed E-state index contributed by atoms with van der Waals surface area (Å²) in [6, 6.07) is 13.9. The second-order valence-corrected chi connectivity index (χ2v) is 4.46. The predicted octanol–water partition coefficient (Wildman–Crippen LogP) is 2.58. The summed E-state index contributed by atoms with van der Waals surface area (Å²) < 4.78 is 0. The number of hydrogen-bond acceptors (Lipinski definition) is 4. The molecule has 0 aliphatic carbocycles. The number of nitro benzene ring substituents is 1. The minimum Gasteiger partial charge on any atom is -0.477 e. The zero-order chi connectivity index (χ0) is 15.2. The van der Waals surface area contributed by atoms with Crippen LogP contribution in [0.25, 0.3) is 0 Å². The van der Waals surface area contributed by atoms with Crippen molar-refractivity contribution >= 4 is 11.7 Å². The van der Waals surface area contributed by atoms with Crippen molar-refractivity contribution in [1.82, 2.24) is 5.32 Å². The lowest BCUT2D eigenvalue weighted by molar-refractivity contribution is -0.385. The van der Waals surface area contributed by atoms with E-state index in [1.54, 1.807) is 6.07 Å². The molecule has 2 aromatic carbocycles. The molecular formula is C15H14N2O4. The number of carbonyl (C=O) groups is 1. The molecule has 21 heavy (non-hydrogen) atoms. The van der Waals surface area contributed by atoms with Crippen molar-refractivity contribution < 1.29 is 14.8 Å². The lowest BCUT2D eigenvalue weighted by atomic mass is 10.1. The minimum absolute atomic E-state index is 0.248. The fraction of sp³-hybridized carbons (Fsp3) is 0.133. The molecule has 0 radical (unpaired) electrons. The Hall–Kier alpha value is -2.73. The molecule has 0 atom stereocenters. The molecule has 108 valence electrons. The number of nitro groups is 1. The van der Waals surface area contributed by atoms with E-state index in [0.29, 0.717) is 12.1 Å². The predicted molar refractivity (Wildman–Crippen MR) is 77.0 cm³/mol. The van der Waals surface area contributed by atoms with Crippen molar-refractivity contribution in [2.24, 2.45) is 0 Å². The van der Waals surface area contributed by atoms with Crippen molar-refractivity contribution in [3.05, 3.63) is 75.3 Å². The summed E-state index contributed by atoms with van der Waals surface area (Å²) in [7, 11) is 0. The number of aromatic carboxylic acids is 1. The highest BCUT2D eigenvalue weighted by Gasteiger charge is 2.22. The molecule has 0 heterocycles. The van der Waals surface area contributed by atoms with E-state index in [1.807, 2.05) is 30.3 Å². The quantitative estimate of drug-likeness (QED) is 0.629. The summed E-state index contributed by atoms with van der Waals surface area (Å²) >= 11 is 0. The Bertz CT molecular complexity index is 656. The standard InChI is InChI=1S/C15H14N2O4/c18-15(19)14-12(7-4-8-13(14)17(20)21)10-16-9-11-5-2-1-3-6-11/h1-8,16H,9-10H2,(H,18,19). The van der Waals surface area contributed by atoms with Crippen LogP contribution in [0.5, 0.6) is 0 Å². The second-order valence-electron chi connectivity index (χ2n) is 4.46. The van der Waals surface area contributed by atoms with Crippen LogP contribution in [0.4, 0.5) is 5.69 Å². The van der Waals surface area contributed by atoms with Gasteiger partial charge in [-0.1, -0.05) is 42.5 Å². The molecule has 2 aromatic rings. The molecule has 2 N–H and O–H groups in total. The Labute approximate surface area is 121 Å². The normalized spacial score (nSPS) is 10.3. The topological polar surface area (TPSA) is 92.5 Å². The molecule has 0 saturated carbocycles. The summed E-state index contributed by atoms with van der Waals surface area (Å²) in [4.78, 5) is 21.5. The van der Waals surface area contributed by atoms with Crippen LogP contribution >= 0.6 is 0 Å². The molecule has 0 aromatic heterocycles. The highest BCUT2D eigenvalue weighted by Crippen LogP contribution is 2.22. The maximum Gasteiger partial charge on any atom is 0.343 e. The van der Waals surface area contributed by atoms with Crippen molar-refractivity contribution in [3.63, 3.8) is 0 Å². The Morgan fingerprint density at radius 2 is 1.81 bits per heavy atom. The van der Waals surface area contributed by atoms with Gasteiger partial charge in [0.1, 0.15) is 5.56 Å². The van der Waals surface area contributed by atoms with Crippen LogP contribution in [0.3, 0.4) is 0 Å². The van der Waals surface area contributed by atoms with Crippen molar-refractivity contribution in [3.8, 4) is 0 Å². The van der Waals surface area contributed by atoms with Crippen LogP contribution in [0, 0.1) is 10.1 Å². The summed E-state index contributed by atoms with van der Waals surface area (Å²) in [5.74, 6) is -1.29. The smallest absolute Gasteiger partial charge is 0.343 e. The average Bonchev–Trinajstić information content (AvgIpc) is 2.47. The molecular weight excluding hydrogens is 272 g/mol. The molecule has 0 spiro atoms. The third-order valence-corrected chi connectivity index (χ3v) is 3.03. The molecule has 0 aliphatic heterocycles. The fourth-order valence-electron chi connectivity index (χ4n) is 2.07. The number of benzene rings is 2. The van der Waals surface area contributed by atoms with Crippen LogP contribution in [0.1, 0.15) is 21.5 Å². The maximum absolute atomic E-state index is 11.2. The number of carboxylic acids is 1. The highest BCUT2D eigenvalue weighted by molar-refractivity contribution is 5.94. The number of rotatable bonds is 6. The summed E-state index contributed by atoms with van der Waals surface area (Å²) in [6.07, 6.45) is 0. The lowest BCUT2D eigenvalue weighted by Crippen LogP contribution is -2.16. The van der Waals surface area contributed by atoms with Gasteiger partial charge < -0.3 is 10.4 Å². The molecule has 6 nitrogen and oxygen atoms in total. The van der Waals surface area contributed by atoms with Gasteiger partial charge in [-0.3, -0.25) is 10.1 Å². The third-order valence-electron chi connectivity index (χ3n) is 3.03. The average molecular weight is 286 g/mol. The monoisotopic (exact) mass is 286 g/mol. The van der Waals surface area contributed by atoms with Gasteiger partial charge in [0.15, 0.2) is 0 Å². The molecule has 0 amide bonds. The molecule has 0 aliphatic rings. The van der Waals surface area contributed by atoms with Gasteiger partial charge in [0, 0.05) is 19.2 Å². The lowest BCUT2D eigenvalue weighted by Gasteiger charge is -2.08. The van der Waals surface area contributed by atoms with Gasteiger partial charge in [-0.05, 0) is 11.1 Å². The fourth-order valence-corrected chi connectivity index (χ4v) is 2.07. The van der Waals surface area contributed by atoms with Gasteiger partial charge >= 0.3 is 5.97 Å². The Balaban J connectivity index is 2.14. The van der Waals surface area contributed by atoms with Crippen LogP contribution in [0.2, 0.25) is 0 Å². The van der Waals surface area contributed by atoms with E-state index in [-0.39, 0.29) is 17.8 Å². The Morgan fingerprint density at radius 3 is 2.43 bits per heavy atom. The molecule has 6 heteroatoms. The molecule has 0 fully saturated rings. The van der Waals surface area contributed by atoms with Crippen LogP contribution < -0.4 is 5.32 Å². The first-order chi connectivity index (χ1) is 10.1. The zero-order valence-corrected chi connectivity index (χ0v) is 11.2. The summed E-state index contributed by atoms with van der Waals surface area (Å²) in [5, 5.41) is 23.2. The Morgan fingerprint density at radius 1 is 1.10 bits per heavy atom. The van der Waals surface area contributed by atoms with Gasteiger partial charge in [0.25, 0.3) is 5.69 Å². The SMILES string of the molecule is O=C(O)c1c(CNCc2ccccc2)cccc1[N+](=O)[O-]. The van der Waals surface area contributed by atoms with E-state index in [1.165, 1.54) is 12.1 Å². The first kappa shape index (κ1) is 14.7. The molecule has 2 rings (SSSR count). The van der Waals surface area contributed by atoms with Crippen molar-refractivity contribution in [2.45, 2.75) is 13.1 Å². The third kappa shape index (κ3) is 3.64. The van der Waals surface area contributed by atoms with Gasteiger partial charge in [0.2, 0.25) is 0 Å². The largest absolute Gasteiger partial charge is 0.477 e. The van der Waals surface area contributed by atoms with Crippen LogP contribution in [-0.2, 0) is 13.1 Å². The highest BCUT2D eigenvalue weighted by atomic mass is 16.6. The number of carboxylic acid groups (broad SMARTS) is 1. The first-order valence-electron chi connectivity index (χ1n) is 6.34. The molecule has 0 saturated heterocycles. The zero-order valence-electron chi connectivity index (χ0n) is 11.2. The van der Waals surface area contributed by atoms with Crippen molar-refractivity contribution in [1.29, 1.82) is 0 Å². The van der Waals surface area contributed by atoms with E-state index in [0.717, 1.165) is 5.56 Å². The van der Waals surface area contributed by atoms with Gasteiger partial charge in [0.05, 0.1) is 4.92 Å². The second kappa shape index (κ2) is 6.62. The van der Waals surface area contributed by atoms with E-state index in [4.69, 9.17) is 0 Å². The molecule has 0 unspecified atom stereocenters. The van der Waals surface area contributed by atoms with E-state index in [9.17, 15) is 20.0 Å². The van der Waals surface area contributed by atoms with Crippen LogP contribution in [0.15, 0.2) is 48.5 Å². The first-order valence-corrected chi connectivity index (χ1v) is 6.34. The van der Waals surface area contributed by atoms with Gasteiger partial charge in [-0.25, -0.2) is 4.79 Å². The van der Waals surface area contributed by atoms with Gasteiger partial charge in [-0.15, -0.1) is 0 Å². The number of nitrogens with zero attached hydrogens (tertiary/aromatic N) is 1. The van der Waals surface area contributed by atoms with E-state index < -0.39 is 10.9 Å². The van der Waals surface area contributed by atoms with Crippen molar-refractivity contribution in [2.75, 3.05) is 0 Å². The van der Waals surface area contributed by atoms with E-state index in [2.05, 4.69) is 5.32 Å². The van der Waals surface area contributed by atoms with Crippen LogP contribution in [-0.4, -0.2) is 16.0 Å². The summed E-state index contributed by atoms with van der Waals surface area (Å²) in [6.45, 7) is 0.806. The maximum atomic E-state index is 11.2. The number of nitrogens with one attached hydrogen (secondary N) is 1.